The summed E-state index contributed by atoms with van der Waals surface area (Å²) in [5, 5.41) is 8.90. The monoisotopic (exact) mass is 333 g/mol. The van der Waals surface area contributed by atoms with E-state index in [-0.39, 0.29) is 0 Å². The Kier molecular flexibility index (Phi) is 4.45. The molecule has 0 aliphatic heterocycles. The Morgan fingerprint density at radius 3 is 2.45 bits per heavy atom. The molecule has 3 nitrogen and oxygen atoms in total. The Bertz CT molecular complexity index is 623. The number of aromatic carboxylic acids is 1. The van der Waals surface area contributed by atoms with Gasteiger partial charge in [0.15, 0.2) is 0 Å². The van der Waals surface area contributed by atoms with Crippen molar-refractivity contribution in [2.45, 2.75) is 13.5 Å². The molecule has 1 N–H and O–H groups in total. The zero-order valence-electron chi connectivity index (χ0n) is 11.4. The number of rotatable bonds is 4. The maximum atomic E-state index is 10.8. The first-order valence-electron chi connectivity index (χ1n) is 6.27. The van der Waals surface area contributed by atoms with Crippen LogP contribution >= 0.6 is 15.9 Å². The van der Waals surface area contributed by atoms with E-state index in [4.69, 9.17) is 5.11 Å². The molecule has 2 rings (SSSR count). The lowest BCUT2D eigenvalue weighted by Gasteiger charge is -2.21. The van der Waals surface area contributed by atoms with Crippen LogP contribution in [0.5, 0.6) is 0 Å². The lowest BCUT2D eigenvalue weighted by Crippen LogP contribution is -2.17. The third-order valence-corrected chi connectivity index (χ3v) is 3.77. The van der Waals surface area contributed by atoms with E-state index in [2.05, 4.69) is 39.9 Å². The highest BCUT2D eigenvalue weighted by Crippen LogP contribution is 2.21. The van der Waals surface area contributed by atoms with Gasteiger partial charge in [-0.05, 0) is 54.4 Å². The average molecular weight is 334 g/mol. The molecular formula is C16H16BrNO2. The number of benzene rings is 2. The molecule has 2 aromatic rings. The van der Waals surface area contributed by atoms with E-state index in [1.54, 1.807) is 12.1 Å². The molecule has 0 bridgehead atoms. The molecular weight excluding hydrogens is 318 g/mol. The highest BCUT2D eigenvalue weighted by atomic mass is 79.9. The van der Waals surface area contributed by atoms with Gasteiger partial charge in [-0.2, -0.15) is 0 Å². The van der Waals surface area contributed by atoms with Crippen LogP contribution in [-0.4, -0.2) is 18.1 Å². The van der Waals surface area contributed by atoms with Gasteiger partial charge in [0.2, 0.25) is 0 Å². The molecule has 0 saturated carbocycles. The van der Waals surface area contributed by atoms with Gasteiger partial charge in [0.25, 0.3) is 0 Å². The SMILES string of the molecule is Cc1ccc(Br)cc1CN(C)c1ccc(C(=O)O)cc1. The van der Waals surface area contributed by atoms with E-state index in [0.717, 1.165) is 16.7 Å². The van der Waals surface area contributed by atoms with Crippen LogP contribution in [0.3, 0.4) is 0 Å². The topological polar surface area (TPSA) is 40.5 Å². The smallest absolute Gasteiger partial charge is 0.335 e. The first kappa shape index (κ1) is 14.6. The number of hydrogen-bond donors (Lipinski definition) is 1. The number of carboxylic acids is 1. The van der Waals surface area contributed by atoms with Gasteiger partial charge in [-0.25, -0.2) is 4.79 Å². The highest BCUT2D eigenvalue weighted by Gasteiger charge is 2.07. The number of nitrogens with zero attached hydrogens (tertiary/aromatic N) is 1. The van der Waals surface area contributed by atoms with Crippen molar-refractivity contribution in [1.82, 2.24) is 0 Å². The van der Waals surface area contributed by atoms with Crippen LogP contribution in [0.2, 0.25) is 0 Å². The second kappa shape index (κ2) is 6.09. The average Bonchev–Trinajstić information content (AvgIpc) is 2.43. The maximum Gasteiger partial charge on any atom is 0.335 e. The lowest BCUT2D eigenvalue weighted by molar-refractivity contribution is 0.0697. The van der Waals surface area contributed by atoms with Crippen LogP contribution in [0.25, 0.3) is 0 Å². The van der Waals surface area contributed by atoms with Gasteiger partial charge < -0.3 is 10.0 Å². The predicted molar refractivity (Wildman–Crippen MR) is 84.4 cm³/mol. The van der Waals surface area contributed by atoms with Gasteiger partial charge in [0.05, 0.1) is 5.56 Å². The molecule has 0 atom stereocenters. The summed E-state index contributed by atoms with van der Waals surface area (Å²) >= 11 is 3.48. The van der Waals surface area contributed by atoms with Gasteiger partial charge in [-0.15, -0.1) is 0 Å². The molecule has 0 aromatic heterocycles. The van der Waals surface area contributed by atoms with Crippen molar-refractivity contribution in [3.63, 3.8) is 0 Å². The quantitative estimate of drug-likeness (QED) is 0.915. The minimum Gasteiger partial charge on any atom is -0.478 e. The standard InChI is InChI=1S/C16H16BrNO2/c1-11-3-6-14(17)9-13(11)10-18(2)15-7-4-12(5-8-15)16(19)20/h3-9H,10H2,1-2H3,(H,19,20). The van der Waals surface area contributed by atoms with Crippen molar-refractivity contribution in [3.8, 4) is 0 Å². The van der Waals surface area contributed by atoms with Crippen LogP contribution in [0, 0.1) is 6.92 Å². The molecule has 0 aliphatic carbocycles. The number of halogens is 1. The molecule has 0 amide bonds. The van der Waals surface area contributed by atoms with Crippen LogP contribution in [-0.2, 0) is 6.54 Å². The van der Waals surface area contributed by atoms with Crippen LogP contribution in [0.4, 0.5) is 5.69 Å². The van der Waals surface area contributed by atoms with E-state index in [0.29, 0.717) is 5.56 Å². The van der Waals surface area contributed by atoms with Crippen molar-refractivity contribution in [1.29, 1.82) is 0 Å². The summed E-state index contributed by atoms with van der Waals surface area (Å²) < 4.78 is 1.06. The van der Waals surface area contributed by atoms with Crippen molar-refractivity contribution in [2.75, 3.05) is 11.9 Å². The Hall–Kier alpha value is -1.81. The van der Waals surface area contributed by atoms with Crippen LogP contribution in [0.1, 0.15) is 21.5 Å². The van der Waals surface area contributed by atoms with Gasteiger partial charge in [0, 0.05) is 23.8 Å². The largest absolute Gasteiger partial charge is 0.478 e. The number of carbonyl (C=O) groups is 1. The van der Waals surface area contributed by atoms with Crippen molar-refractivity contribution in [3.05, 3.63) is 63.6 Å². The first-order chi connectivity index (χ1) is 9.47. The number of anilines is 1. The van der Waals surface area contributed by atoms with E-state index >= 15 is 0 Å². The van der Waals surface area contributed by atoms with Gasteiger partial charge in [-0.1, -0.05) is 22.0 Å². The van der Waals surface area contributed by atoms with Crippen LogP contribution < -0.4 is 4.90 Å². The Labute approximate surface area is 127 Å². The number of hydrogen-bond acceptors (Lipinski definition) is 2. The molecule has 0 heterocycles. The summed E-state index contributed by atoms with van der Waals surface area (Å²) in [6, 6.07) is 13.1. The second-order valence-electron chi connectivity index (χ2n) is 4.78. The molecule has 104 valence electrons. The molecule has 0 spiro atoms. The minimum absolute atomic E-state index is 0.306. The van der Waals surface area contributed by atoms with Gasteiger partial charge in [-0.3, -0.25) is 0 Å². The molecule has 2 aromatic carbocycles. The molecule has 0 saturated heterocycles. The van der Waals surface area contributed by atoms with Gasteiger partial charge >= 0.3 is 5.97 Å². The van der Waals surface area contributed by atoms with Gasteiger partial charge in [0.1, 0.15) is 0 Å². The van der Waals surface area contributed by atoms with Crippen LogP contribution in [0.15, 0.2) is 46.9 Å². The van der Waals surface area contributed by atoms with E-state index in [1.165, 1.54) is 11.1 Å². The van der Waals surface area contributed by atoms with Crippen molar-refractivity contribution >= 4 is 27.6 Å². The van der Waals surface area contributed by atoms with Crippen molar-refractivity contribution in [2.24, 2.45) is 0 Å². The molecule has 0 fully saturated rings. The van der Waals surface area contributed by atoms with E-state index in [9.17, 15) is 4.79 Å². The summed E-state index contributed by atoms with van der Waals surface area (Å²) in [4.78, 5) is 12.9. The summed E-state index contributed by atoms with van der Waals surface area (Å²) in [5.41, 5.74) is 3.78. The molecule has 20 heavy (non-hydrogen) atoms. The second-order valence-corrected chi connectivity index (χ2v) is 5.69. The van der Waals surface area contributed by atoms with E-state index < -0.39 is 5.97 Å². The normalized spacial score (nSPS) is 10.3. The Morgan fingerprint density at radius 2 is 1.85 bits per heavy atom. The minimum atomic E-state index is -0.901. The summed E-state index contributed by atoms with van der Waals surface area (Å²) in [5.74, 6) is -0.901. The van der Waals surface area contributed by atoms with Crippen molar-refractivity contribution < 1.29 is 9.90 Å². The Morgan fingerprint density at radius 1 is 1.20 bits per heavy atom. The highest BCUT2D eigenvalue weighted by molar-refractivity contribution is 9.10. The molecule has 0 radical (unpaired) electrons. The zero-order valence-corrected chi connectivity index (χ0v) is 13.0. The summed E-state index contributed by atoms with van der Waals surface area (Å²) in [7, 11) is 2.00. The fourth-order valence-corrected chi connectivity index (χ4v) is 2.42. The Balaban J connectivity index is 2.17. The summed E-state index contributed by atoms with van der Waals surface area (Å²) in [6.07, 6.45) is 0. The zero-order chi connectivity index (χ0) is 14.7. The maximum absolute atomic E-state index is 10.8. The number of aryl methyl sites for hydroxylation is 1. The third kappa shape index (κ3) is 3.39. The fraction of sp³-hybridized carbons (Fsp3) is 0.188. The third-order valence-electron chi connectivity index (χ3n) is 3.27. The van der Waals surface area contributed by atoms with E-state index in [1.807, 2.05) is 25.2 Å². The predicted octanol–water partition coefficient (Wildman–Crippen LogP) is 4.09. The first-order valence-corrected chi connectivity index (χ1v) is 7.06. The molecule has 0 unspecified atom stereocenters. The molecule has 4 heteroatoms. The molecule has 0 aliphatic rings. The fourth-order valence-electron chi connectivity index (χ4n) is 2.02. The summed E-state index contributed by atoms with van der Waals surface area (Å²) in [6.45, 7) is 2.86. The lowest BCUT2D eigenvalue weighted by atomic mass is 10.1. The number of carboxylic acid groups (broad SMARTS) is 1.